The summed E-state index contributed by atoms with van der Waals surface area (Å²) in [5.74, 6) is 2.17. The van der Waals surface area contributed by atoms with Crippen molar-refractivity contribution >= 4 is 17.3 Å². The highest BCUT2D eigenvalue weighted by Crippen LogP contribution is 2.10. The van der Waals surface area contributed by atoms with Crippen LogP contribution < -0.4 is 16.4 Å². The van der Waals surface area contributed by atoms with Gasteiger partial charge < -0.3 is 16.4 Å². The zero-order valence-corrected chi connectivity index (χ0v) is 12.1. The summed E-state index contributed by atoms with van der Waals surface area (Å²) in [6, 6.07) is 6.89. The lowest BCUT2D eigenvalue weighted by atomic mass is 10.1. The van der Waals surface area contributed by atoms with Crippen LogP contribution in [0, 0.1) is 17.8 Å². The third kappa shape index (κ3) is 6.11. The molecule has 1 aromatic rings. The molecule has 0 aromatic heterocycles. The van der Waals surface area contributed by atoms with E-state index in [0.29, 0.717) is 17.8 Å². The van der Waals surface area contributed by atoms with Crippen molar-refractivity contribution in [1.82, 2.24) is 10.6 Å². The van der Waals surface area contributed by atoms with Crippen LogP contribution in [-0.2, 0) is 4.79 Å². The Hall–Kier alpha value is -2.32. The van der Waals surface area contributed by atoms with Crippen molar-refractivity contribution in [2.75, 3.05) is 25.4 Å². The standard InChI is InChI=1S/C16H22N4O/c1-2-3-10-19-11-6-7-12-20-16(21)15(18)13-8-4-5-9-14(13)17/h1,4-5,8-9,18-19H,3,6-7,10-12,17H2,(H,20,21). The topological polar surface area (TPSA) is 91.0 Å². The molecule has 0 aliphatic rings. The Balaban J connectivity index is 2.21. The van der Waals surface area contributed by atoms with Gasteiger partial charge >= 0.3 is 0 Å². The summed E-state index contributed by atoms with van der Waals surface area (Å²) in [6.07, 6.45) is 7.68. The molecule has 1 rings (SSSR count). The van der Waals surface area contributed by atoms with E-state index in [1.807, 2.05) is 0 Å². The number of para-hydroxylation sites is 1. The van der Waals surface area contributed by atoms with E-state index >= 15 is 0 Å². The van der Waals surface area contributed by atoms with Crippen LogP contribution in [0.1, 0.15) is 24.8 Å². The molecule has 0 radical (unpaired) electrons. The van der Waals surface area contributed by atoms with Crippen molar-refractivity contribution in [1.29, 1.82) is 5.41 Å². The van der Waals surface area contributed by atoms with Gasteiger partial charge in [0.1, 0.15) is 5.71 Å². The van der Waals surface area contributed by atoms with Gasteiger partial charge in [0.25, 0.3) is 5.91 Å². The van der Waals surface area contributed by atoms with Gasteiger partial charge in [-0.05, 0) is 25.5 Å². The molecule has 0 aliphatic carbocycles. The fourth-order valence-electron chi connectivity index (χ4n) is 1.80. The molecule has 1 amide bonds. The molecule has 0 bridgehead atoms. The number of hydrogen-bond acceptors (Lipinski definition) is 4. The maximum Gasteiger partial charge on any atom is 0.269 e. The highest BCUT2D eigenvalue weighted by molar-refractivity contribution is 6.45. The van der Waals surface area contributed by atoms with Crippen LogP contribution in [0.3, 0.4) is 0 Å². The average molecular weight is 286 g/mol. The van der Waals surface area contributed by atoms with Gasteiger partial charge in [-0.25, -0.2) is 0 Å². The van der Waals surface area contributed by atoms with Crippen molar-refractivity contribution in [3.8, 4) is 12.3 Å². The number of nitrogen functional groups attached to an aromatic ring is 1. The highest BCUT2D eigenvalue weighted by atomic mass is 16.1. The van der Waals surface area contributed by atoms with Crippen LogP contribution in [0.4, 0.5) is 5.69 Å². The maximum atomic E-state index is 11.8. The van der Waals surface area contributed by atoms with Gasteiger partial charge in [-0.3, -0.25) is 10.2 Å². The van der Waals surface area contributed by atoms with Crippen molar-refractivity contribution < 1.29 is 4.79 Å². The van der Waals surface area contributed by atoms with Gasteiger partial charge in [-0.1, -0.05) is 18.2 Å². The lowest BCUT2D eigenvalue weighted by Crippen LogP contribution is -2.32. The fraction of sp³-hybridized carbons (Fsp3) is 0.375. The maximum absolute atomic E-state index is 11.8. The van der Waals surface area contributed by atoms with Crippen molar-refractivity contribution in [2.45, 2.75) is 19.3 Å². The summed E-state index contributed by atoms with van der Waals surface area (Å²) in [4.78, 5) is 11.8. The number of amides is 1. The van der Waals surface area contributed by atoms with Gasteiger partial charge in [0, 0.05) is 30.8 Å². The highest BCUT2D eigenvalue weighted by Gasteiger charge is 2.13. The van der Waals surface area contributed by atoms with E-state index < -0.39 is 5.91 Å². The number of carbonyl (C=O) groups is 1. The Morgan fingerprint density at radius 1 is 1.24 bits per heavy atom. The quantitative estimate of drug-likeness (QED) is 0.237. The Morgan fingerprint density at radius 3 is 2.67 bits per heavy atom. The Kier molecular flexibility index (Phi) is 7.62. The first kappa shape index (κ1) is 16.7. The number of rotatable bonds is 9. The van der Waals surface area contributed by atoms with Gasteiger partial charge in [-0.2, -0.15) is 0 Å². The molecule has 5 N–H and O–H groups in total. The molecule has 0 saturated heterocycles. The molecule has 0 spiro atoms. The number of anilines is 1. The monoisotopic (exact) mass is 286 g/mol. The predicted octanol–water partition coefficient (Wildman–Crippen LogP) is 1.15. The Labute approximate surface area is 125 Å². The molecule has 0 fully saturated rings. The molecule has 5 nitrogen and oxygen atoms in total. The smallest absolute Gasteiger partial charge is 0.269 e. The van der Waals surface area contributed by atoms with E-state index in [9.17, 15) is 4.79 Å². The van der Waals surface area contributed by atoms with Crippen LogP contribution in [0.25, 0.3) is 0 Å². The van der Waals surface area contributed by atoms with Gasteiger partial charge in [-0.15, -0.1) is 12.3 Å². The number of carbonyl (C=O) groups excluding carboxylic acids is 1. The molecule has 0 aliphatic heterocycles. The van der Waals surface area contributed by atoms with E-state index in [-0.39, 0.29) is 5.71 Å². The molecular formula is C16H22N4O. The zero-order valence-electron chi connectivity index (χ0n) is 12.1. The van der Waals surface area contributed by atoms with Crippen LogP contribution in [0.15, 0.2) is 24.3 Å². The third-order valence-corrected chi connectivity index (χ3v) is 2.97. The summed E-state index contributed by atoms with van der Waals surface area (Å²) >= 11 is 0. The second-order valence-electron chi connectivity index (χ2n) is 4.63. The van der Waals surface area contributed by atoms with E-state index in [1.165, 1.54) is 0 Å². The Morgan fingerprint density at radius 2 is 1.95 bits per heavy atom. The number of hydrogen-bond donors (Lipinski definition) is 4. The van der Waals surface area contributed by atoms with Crippen molar-refractivity contribution in [3.05, 3.63) is 29.8 Å². The summed E-state index contributed by atoms with van der Waals surface area (Å²) < 4.78 is 0. The molecule has 0 heterocycles. The van der Waals surface area contributed by atoms with E-state index in [4.69, 9.17) is 17.6 Å². The summed E-state index contributed by atoms with van der Waals surface area (Å²) in [5.41, 5.74) is 6.56. The van der Waals surface area contributed by atoms with Gasteiger partial charge in [0.2, 0.25) is 0 Å². The molecule has 0 saturated carbocycles. The van der Waals surface area contributed by atoms with Gasteiger partial charge in [0.15, 0.2) is 0 Å². The Bertz CT molecular complexity index is 519. The number of nitrogens with one attached hydrogen (secondary N) is 3. The van der Waals surface area contributed by atoms with E-state index in [2.05, 4.69) is 16.6 Å². The molecule has 0 unspecified atom stereocenters. The van der Waals surface area contributed by atoms with Crippen LogP contribution in [-0.4, -0.2) is 31.3 Å². The average Bonchev–Trinajstić information content (AvgIpc) is 2.49. The first-order valence-electron chi connectivity index (χ1n) is 7.02. The molecular weight excluding hydrogens is 264 g/mol. The summed E-state index contributed by atoms with van der Waals surface area (Å²) in [7, 11) is 0. The minimum atomic E-state index is -0.395. The van der Waals surface area contributed by atoms with Crippen LogP contribution in [0.2, 0.25) is 0 Å². The number of nitrogens with two attached hydrogens (primary N) is 1. The summed E-state index contributed by atoms with van der Waals surface area (Å²) in [5, 5.41) is 13.8. The number of benzene rings is 1. The second kappa shape index (κ2) is 9.56. The number of unbranched alkanes of at least 4 members (excludes halogenated alkanes) is 1. The van der Waals surface area contributed by atoms with Crippen molar-refractivity contribution in [3.63, 3.8) is 0 Å². The lowest BCUT2D eigenvalue weighted by Gasteiger charge is -2.08. The SMILES string of the molecule is C#CCCNCCCCNC(=O)C(=N)c1ccccc1N. The zero-order chi connectivity index (χ0) is 15.5. The molecule has 112 valence electrons. The first-order valence-corrected chi connectivity index (χ1v) is 7.02. The predicted molar refractivity (Wildman–Crippen MR) is 86.2 cm³/mol. The largest absolute Gasteiger partial charge is 0.398 e. The molecule has 21 heavy (non-hydrogen) atoms. The third-order valence-electron chi connectivity index (χ3n) is 2.97. The van der Waals surface area contributed by atoms with Gasteiger partial charge in [0.05, 0.1) is 0 Å². The van der Waals surface area contributed by atoms with Crippen LogP contribution >= 0.6 is 0 Å². The second-order valence-corrected chi connectivity index (χ2v) is 4.63. The minimum absolute atomic E-state index is 0.0970. The first-order chi connectivity index (χ1) is 10.2. The molecule has 1 aromatic carbocycles. The van der Waals surface area contributed by atoms with Crippen molar-refractivity contribution in [2.24, 2.45) is 0 Å². The fourth-order valence-corrected chi connectivity index (χ4v) is 1.80. The minimum Gasteiger partial charge on any atom is -0.398 e. The molecule has 5 heteroatoms. The lowest BCUT2D eigenvalue weighted by molar-refractivity contribution is -0.114. The van der Waals surface area contributed by atoms with E-state index in [0.717, 1.165) is 32.4 Å². The molecule has 0 atom stereocenters. The number of terminal acetylenes is 1. The van der Waals surface area contributed by atoms with E-state index in [1.54, 1.807) is 24.3 Å². The van der Waals surface area contributed by atoms with Crippen LogP contribution in [0.5, 0.6) is 0 Å². The summed E-state index contributed by atoms with van der Waals surface area (Å²) in [6.45, 7) is 2.24. The normalized spacial score (nSPS) is 9.86.